The van der Waals surface area contributed by atoms with Crippen LogP contribution in [0, 0.1) is 0 Å². The summed E-state index contributed by atoms with van der Waals surface area (Å²) in [5.41, 5.74) is 2.78. The molecule has 1 N–H and O–H groups in total. The maximum absolute atomic E-state index is 12.5. The number of aromatic carboxylic acids is 1. The highest BCUT2D eigenvalue weighted by Crippen LogP contribution is 2.26. The average molecular weight is 346 g/mol. The van der Waals surface area contributed by atoms with Gasteiger partial charge >= 0.3 is 5.97 Å². The molecule has 4 nitrogen and oxygen atoms in total. The topological polar surface area (TPSA) is 57.6 Å². The molecule has 0 unspecified atom stereocenters. The first-order valence-corrected chi connectivity index (χ1v) is 7.24. The molecule has 1 amide bonds. The number of carbonyl (C=O) groups excluding carboxylic acids is 1. The van der Waals surface area contributed by atoms with Crippen LogP contribution < -0.4 is 0 Å². The Morgan fingerprint density at radius 1 is 1.00 bits per heavy atom. The van der Waals surface area contributed by atoms with Gasteiger partial charge in [0.2, 0.25) is 0 Å². The first-order valence-electron chi connectivity index (χ1n) is 6.44. The minimum Gasteiger partial charge on any atom is -0.478 e. The van der Waals surface area contributed by atoms with Crippen molar-refractivity contribution in [2.24, 2.45) is 0 Å². The van der Waals surface area contributed by atoms with Crippen LogP contribution in [0.25, 0.3) is 0 Å². The molecule has 0 spiro atoms. The van der Waals surface area contributed by atoms with Gasteiger partial charge in [-0.25, -0.2) is 4.79 Å². The lowest BCUT2D eigenvalue weighted by Gasteiger charge is -2.15. The van der Waals surface area contributed by atoms with Crippen molar-refractivity contribution in [3.8, 4) is 0 Å². The molecular formula is C16H12BrNO3. The molecule has 0 aromatic heterocycles. The normalized spacial score (nSPS) is 13.1. The number of benzene rings is 2. The molecule has 21 heavy (non-hydrogen) atoms. The van der Waals surface area contributed by atoms with Crippen molar-refractivity contribution in [3.63, 3.8) is 0 Å². The van der Waals surface area contributed by atoms with Crippen LogP contribution in [0.3, 0.4) is 0 Å². The Hall–Kier alpha value is -2.14. The van der Waals surface area contributed by atoms with E-state index < -0.39 is 5.97 Å². The van der Waals surface area contributed by atoms with Gasteiger partial charge in [0.05, 0.1) is 5.56 Å². The number of fused-ring (bicyclic) bond motifs is 1. The van der Waals surface area contributed by atoms with Crippen molar-refractivity contribution >= 4 is 27.8 Å². The van der Waals surface area contributed by atoms with E-state index in [1.54, 1.807) is 35.2 Å². The minimum absolute atomic E-state index is 0.0515. The molecule has 1 aliphatic rings. The van der Waals surface area contributed by atoms with Crippen molar-refractivity contribution in [2.45, 2.75) is 13.1 Å². The van der Waals surface area contributed by atoms with Crippen LogP contribution in [0.2, 0.25) is 0 Å². The van der Waals surface area contributed by atoms with Crippen LogP contribution in [0.5, 0.6) is 0 Å². The Bertz CT molecular complexity index is 742. The van der Waals surface area contributed by atoms with Gasteiger partial charge in [0.15, 0.2) is 0 Å². The summed E-state index contributed by atoms with van der Waals surface area (Å²) in [5.74, 6) is -1.00. The standard InChI is InChI=1S/C16H12BrNO3/c17-14-3-1-2-10(7-14)15(19)18-8-12-5-4-11(16(20)21)6-13(12)9-18/h1-7H,8-9H2,(H,20,21). The summed E-state index contributed by atoms with van der Waals surface area (Å²) in [6.07, 6.45) is 0. The zero-order valence-corrected chi connectivity index (χ0v) is 12.6. The quantitative estimate of drug-likeness (QED) is 0.908. The van der Waals surface area contributed by atoms with Crippen LogP contribution in [0.1, 0.15) is 31.8 Å². The third-order valence-corrected chi connectivity index (χ3v) is 4.03. The fourth-order valence-electron chi connectivity index (χ4n) is 2.48. The van der Waals surface area contributed by atoms with E-state index >= 15 is 0 Å². The second-order valence-corrected chi connectivity index (χ2v) is 5.88. The smallest absolute Gasteiger partial charge is 0.335 e. The van der Waals surface area contributed by atoms with E-state index in [2.05, 4.69) is 15.9 Å². The van der Waals surface area contributed by atoms with Crippen LogP contribution >= 0.6 is 15.9 Å². The van der Waals surface area contributed by atoms with Gasteiger partial charge in [0.25, 0.3) is 5.91 Å². The number of hydrogen-bond acceptors (Lipinski definition) is 2. The molecule has 106 valence electrons. The summed E-state index contributed by atoms with van der Waals surface area (Å²) in [6, 6.07) is 12.3. The van der Waals surface area contributed by atoms with Crippen LogP contribution in [-0.2, 0) is 13.1 Å². The SMILES string of the molecule is O=C(O)c1ccc2c(c1)CN(C(=O)c1cccc(Br)c1)C2. The zero-order valence-electron chi connectivity index (χ0n) is 11.0. The van der Waals surface area contributed by atoms with Crippen LogP contribution in [0.4, 0.5) is 0 Å². The molecule has 0 bridgehead atoms. The maximum atomic E-state index is 12.5. The van der Waals surface area contributed by atoms with Gasteiger partial charge in [0, 0.05) is 23.1 Å². The van der Waals surface area contributed by atoms with E-state index in [0.29, 0.717) is 18.7 Å². The Balaban J connectivity index is 1.84. The van der Waals surface area contributed by atoms with Crippen LogP contribution in [-0.4, -0.2) is 21.9 Å². The first kappa shape index (κ1) is 13.8. The lowest BCUT2D eigenvalue weighted by Crippen LogP contribution is -2.25. The molecular weight excluding hydrogens is 334 g/mol. The van der Waals surface area contributed by atoms with E-state index in [1.807, 2.05) is 12.1 Å². The molecule has 2 aromatic carbocycles. The zero-order chi connectivity index (χ0) is 15.0. The number of halogens is 1. The summed E-state index contributed by atoms with van der Waals surface area (Å²) in [5, 5.41) is 9.01. The molecule has 1 aliphatic heterocycles. The second kappa shape index (κ2) is 5.33. The molecule has 0 aliphatic carbocycles. The number of hydrogen-bond donors (Lipinski definition) is 1. The van der Waals surface area contributed by atoms with Crippen molar-refractivity contribution in [1.82, 2.24) is 4.90 Å². The number of carbonyl (C=O) groups is 2. The van der Waals surface area contributed by atoms with Crippen molar-refractivity contribution in [2.75, 3.05) is 0 Å². The predicted molar refractivity (Wildman–Crippen MR) is 81.1 cm³/mol. The lowest BCUT2D eigenvalue weighted by atomic mass is 10.1. The number of rotatable bonds is 2. The Morgan fingerprint density at radius 3 is 2.48 bits per heavy atom. The lowest BCUT2D eigenvalue weighted by molar-refractivity contribution is 0.0696. The third kappa shape index (κ3) is 2.69. The Morgan fingerprint density at radius 2 is 1.76 bits per heavy atom. The van der Waals surface area contributed by atoms with Crippen molar-refractivity contribution in [3.05, 3.63) is 69.2 Å². The summed E-state index contributed by atoms with van der Waals surface area (Å²) in [6.45, 7) is 0.961. The number of carboxylic acids is 1. The average Bonchev–Trinajstić information content (AvgIpc) is 2.89. The molecule has 2 aromatic rings. The highest BCUT2D eigenvalue weighted by atomic mass is 79.9. The van der Waals surface area contributed by atoms with E-state index in [4.69, 9.17) is 5.11 Å². The van der Waals surface area contributed by atoms with Gasteiger partial charge in [-0.05, 0) is 41.5 Å². The van der Waals surface area contributed by atoms with Gasteiger partial charge in [-0.3, -0.25) is 4.79 Å². The predicted octanol–water partition coefficient (Wildman–Crippen LogP) is 3.30. The summed E-state index contributed by atoms with van der Waals surface area (Å²) >= 11 is 3.36. The van der Waals surface area contributed by atoms with E-state index in [1.165, 1.54) is 0 Å². The van der Waals surface area contributed by atoms with Gasteiger partial charge in [-0.15, -0.1) is 0 Å². The van der Waals surface area contributed by atoms with Gasteiger partial charge in [-0.1, -0.05) is 28.1 Å². The van der Waals surface area contributed by atoms with Gasteiger partial charge in [0.1, 0.15) is 0 Å². The molecule has 0 radical (unpaired) electrons. The number of nitrogens with zero attached hydrogens (tertiary/aromatic N) is 1. The van der Waals surface area contributed by atoms with E-state index in [9.17, 15) is 9.59 Å². The molecule has 0 atom stereocenters. The maximum Gasteiger partial charge on any atom is 0.335 e. The van der Waals surface area contributed by atoms with E-state index in [0.717, 1.165) is 15.6 Å². The van der Waals surface area contributed by atoms with Crippen molar-refractivity contribution < 1.29 is 14.7 Å². The molecule has 0 saturated heterocycles. The van der Waals surface area contributed by atoms with Gasteiger partial charge in [-0.2, -0.15) is 0 Å². The number of amides is 1. The third-order valence-electron chi connectivity index (χ3n) is 3.53. The summed E-state index contributed by atoms with van der Waals surface area (Å²) in [4.78, 5) is 25.2. The van der Waals surface area contributed by atoms with Crippen LogP contribution in [0.15, 0.2) is 46.9 Å². The first-order chi connectivity index (χ1) is 10.0. The van der Waals surface area contributed by atoms with Crippen molar-refractivity contribution in [1.29, 1.82) is 0 Å². The Kier molecular flexibility index (Phi) is 3.51. The fraction of sp³-hybridized carbons (Fsp3) is 0.125. The molecule has 0 fully saturated rings. The summed E-state index contributed by atoms with van der Waals surface area (Å²) in [7, 11) is 0. The molecule has 1 heterocycles. The second-order valence-electron chi connectivity index (χ2n) is 4.96. The number of carboxylic acid groups (broad SMARTS) is 1. The minimum atomic E-state index is -0.949. The molecule has 5 heteroatoms. The Labute approximate surface area is 130 Å². The molecule has 3 rings (SSSR count). The monoisotopic (exact) mass is 345 g/mol. The molecule has 0 saturated carbocycles. The fourth-order valence-corrected chi connectivity index (χ4v) is 2.87. The largest absolute Gasteiger partial charge is 0.478 e. The summed E-state index contributed by atoms with van der Waals surface area (Å²) < 4.78 is 0.859. The van der Waals surface area contributed by atoms with E-state index in [-0.39, 0.29) is 11.5 Å². The highest BCUT2D eigenvalue weighted by Gasteiger charge is 2.25. The highest BCUT2D eigenvalue weighted by molar-refractivity contribution is 9.10. The van der Waals surface area contributed by atoms with Gasteiger partial charge < -0.3 is 10.0 Å².